The van der Waals surface area contributed by atoms with Crippen LogP contribution < -0.4 is 0 Å². The van der Waals surface area contributed by atoms with Crippen molar-refractivity contribution in [1.82, 2.24) is 14.7 Å². The van der Waals surface area contributed by atoms with Crippen molar-refractivity contribution in [1.29, 1.82) is 0 Å². The summed E-state index contributed by atoms with van der Waals surface area (Å²) in [6.45, 7) is 24.1. The highest BCUT2D eigenvalue weighted by Gasteiger charge is 2.34. The fraction of sp³-hybridized carbons (Fsp3) is 1.00. The lowest BCUT2D eigenvalue weighted by Gasteiger charge is -2.47. The van der Waals surface area contributed by atoms with E-state index < -0.39 is 0 Å². The summed E-state index contributed by atoms with van der Waals surface area (Å²) in [5.74, 6) is 0. The summed E-state index contributed by atoms with van der Waals surface area (Å²) in [7, 11) is 0. The van der Waals surface area contributed by atoms with Crippen molar-refractivity contribution in [3.05, 3.63) is 0 Å². The fourth-order valence-electron chi connectivity index (χ4n) is 3.17. The van der Waals surface area contributed by atoms with Crippen LogP contribution in [0.5, 0.6) is 0 Å². The quantitative estimate of drug-likeness (QED) is 0.747. The number of ether oxygens (including phenoxy) is 1. The summed E-state index contributed by atoms with van der Waals surface area (Å²) >= 11 is 0. The van der Waals surface area contributed by atoms with Crippen LogP contribution in [0.3, 0.4) is 0 Å². The van der Waals surface area contributed by atoms with Gasteiger partial charge in [-0.05, 0) is 39.2 Å². The zero-order chi connectivity index (χ0) is 17.1. The predicted octanol–water partition coefficient (Wildman–Crippen LogP) is 2.54. The second-order valence-electron chi connectivity index (χ2n) is 9.56. The van der Waals surface area contributed by atoms with Crippen LogP contribution in [0.25, 0.3) is 0 Å². The first-order valence-electron chi connectivity index (χ1n) is 9.45. The van der Waals surface area contributed by atoms with Gasteiger partial charge in [0.25, 0.3) is 0 Å². The van der Waals surface area contributed by atoms with E-state index in [2.05, 4.69) is 56.2 Å². The van der Waals surface area contributed by atoms with Gasteiger partial charge in [-0.2, -0.15) is 0 Å². The Kier molecular flexibility index (Phi) is 6.51. The molecule has 2 saturated heterocycles. The third kappa shape index (κ3) is 6.69. The summed E-state index contributed by atoms with van der Waals surface area (Å²) in [6, 6.07) is 0. The van der Waals surface area contributed by atoms with Crippen molar-refractivity contribution < 1.29 is 4.74 Å². The molecule has 2 heterocycles. The number of likely N-dealkylation sites (tertiary alicyclic amines) is 1. The molecule has 0 radical (unpaired) electrons. The van der Waals surface area contributed by atoms with Crippen LogP contribution in [0.1, 0.15) is 48.0 Å². The minimum Gasteiger partial charge on any atom is -0.374 e. The van der Waals surface area contributed by atoms with Crippen molar-refractivity contribution in [2.45, 2.75) is 59.6 Å². The largest absolute Gasteiger partial charge is 0.374 e. The highest BCUT2D eigenvalue weighted by molar-refractivity contribution is 4.89. The normalized spacial score (nSPS) is 23.2. The Morgan fingerprint density at radius 2 is 1.35 bits per heavy atom. The van der Waals surface area contributed by atoms with E-state index in [1.807, 2.05) is 0 Å². The van der Waals surface area contributed by atoms with Crippen molar-refractivity contribution in [2.24, 2.45) is 5.41 Å². The molecular weight excluding hydrogens is 286 g/mol. The zero-order valence-corrected chi connectivity index (χ0v) is 16.4. The molecule has 0 aromatic rings. The summed E-state index contributed by atoms with van der Waals surface area (Å²) in [5.41, 5.74) is 0.748. The summed E-state index contributed by atoms with van der Waals surface area (Å²) in [6.07, 6.45) is 1.75. The zero-order valence-electron chi connectivity index (χ0n) is 16.4. The Hall–Kier alpha value is -0.160. The molecule has 0 unspecified atom stereocenters. The van der Waals surface area contributed by atoms with Gasteiger partial charge in [-0.15, -0.1) is 0 Å². The molecule has 0 N–H and O–H groups in total. The van der Waals surface area contributed by atoms with E-state index in [1.165, 1.54) is 39.1 Å². The van der Waals surface area contributed by atoms with Crippen LogP contribution in [0.15, 0.2) is 0 Å². The van der Waals surface area contributed by atoms with Gasteiger partial charge < -0.3 is 9.64 Å². The van der Waals surface area contributed by atoms with E-state index in [9.17, 15) is 0 Å². The third-order valence-electron chi connectivity index (χ3n) is 5.20. The van der Waals surface area contributed by atoms with E-state index >= 15 is 0 Å². The number of piperazine rings is 1. The molecule has 0 aromatic carbocycles. The molecule has 2 fully saturated rings. The minimum absolute atomic E-state index is 0.295. The molecule has 0 saturated carbocycles. The van der Waals surface area contributed by atoms with Crippen LogP contribution in [-0.4, -0.2) is 85.3 Å². The Bertz CT molecular complexity index is 345. The van der Waals surface area contributed by atoms with Gasteiger partial charge >= 0.3 is 0 Å². The maximum absolute atomic E-state index is 6.03. The van der Waals surface area contributed by atoms with E-state index in [0.717, 1.165) is 26.2 Å². The van der Waals surface area contributed by atoms with Crippen LogP contribution in [0.4, 0.5) is 0 Å². The molecule has 0 aromatic heterocycles. The number of hydrogen-bond donors (Lipinski definition) is 0. The van der Waals surface area contributed by atoms with E-state index in [1.54, 1.807) is 0 Å². The smallest absolute Gasteiger partial charge is 0.0829 e. The molecule has 2 rings (SSSR count). The van der Waals surface area contributed by atoms with Gasteiger partial charge in [-0.25, -0.2) is 0 Å². The molecule has 2 aliphatic rings. The van der Waals surface area contributed by atoms with Crippen molar-refractivity contribution >= 4 is 0 Å². The highest BCUT2D eigenvalue weighted by atomic mass is 16.5. The van der Waals surface area contributed by atoms with Crippen LogP contribution in [0.2, 0.25) is 0 Å². The van der Waals surface area contributed by atoms with Crippen molar-refractivity contribution in [3.63, 3.8) is 0 Å². The van der Waals surface area contributed by atoms with E-state index in [4.69, 9.17) is 4.74 Å². The van der Waals surface area contributed by atoms with Crippen LogP contribution in [-0.2, 0) is 4.74 Å². The molecule has 0 atom stereocenters. The van der Waals surface area contributed by atoms with Crippen LogP contribution >= 0.6 is 0 Å². The second-order valence-corrected chi connectivity index (χ2v) is 9.56. The van der Waals surface area contributed by atoms with E-state index in [0.29, 0.717) is 17.1 Å². The monoisotopic (exact) mass is 325 g/mol. The Labute approximate surface area is 144 Å². The first-order chi connectivity index (χ1) is 10.6. The van der Waals surface area contributed by atoms with Crippen LogP contribution in [0, 0.1) is 5.41 Å². The predicted molar refractivity (Wildman–Crippen MR) is 98.0 cm³/mol. The molecule has 23 heavy (non-hydrogen) atoms. The topological polar surface area (TPSA) is 19.0 Å². The maximum atomic E-state index is 6.03. The van der Waals surface area contributed by atoms with E-state index in [-0.39, 0.29) is 0 Å². The molecule has 136 valence electrons. The van der Waals surface area contributed by atoms with Gasteiger partial charge in [0.1, 0.15) is 0 Å². The van der Waals surface area contributed by atoms with Gasteiger partial charge in [0.05, 0.1) is 12.7 Å². The molecule has 2 aliphatic heterocycles. The fourth-order valence-corrected chi connectivity index (χ4v) is 3.17. The lowest BCUT2D eigenvalue weighted by molar-refractivity contribution is -0.0926. The summed E-state index contributed by atoms with van der Waals surface area (Å²) in [4.78, 5) is 7.68. The van der Waals surface area contributed by atoms with Gasteiger partial charge in [0.15, 0.2) is 0 Å². The summed E-state index contributed by atoms with van der Waals surface area (Å²) < 4.78 is 6.03. The standard InChI is InChI=1S/C19H39N3O/c1-18(2,3)7-8-20-9-11-21(12-10-20)13-14-23-17-15-22(16-17)19(4,5)6/h17H,7-16H2,1-6H3. The second kappa shape index (κ2) is 7.81. The molecule has 0 spiro atoms. The first kappa shape index (κ1) is 19.2. The molecule has 0 bridgehead atoms. The average Bonchev–Trinajstić information content (AvgIpc) is 2.38. The van der Waals surface area contributed by atoms with Crippen molar-refractivity contribution in [2.75, 3.05) is 59.0 Å². The molecule has 0 aliphatic carbocycles. The van der Waals surface area contributed by atoms with Gasteiger partial charge in [-0.1, -0.05) is 20.8 Å². The Morgan fingerprint density at radius 3 is 1.83 bits per heavy atom. The SMILES string of the molecule is CC(C)(C)CCN1CCN(CCOC2CN(C(C)(C)C)C2)CC1. The molecular formula is C19H39N3O. The average molecular weight is 326 g/mol. The Balaban J connectivity index is 1.51. The van der Waals surface area contributed by atoms with Crippen molar-refractivity contribution in [3.8, 4) is 0 Å². The third-order valence-corrected chi connectivity index (χ3v) is 5.20. The number of nitrogens with zero attached hydrogens (tertiary/aromatic N) is 3. The minimum atomic E-state index is 0.295. The highest BCUT2D eigenvalue weighted by Crippen LogP contribution is 2.23. The first-order valence-corrected chi connectivity index (χ1v) is 9.45. The van der Waals surface area contributed by atoms with Gasteiger partial charge in [0, 0.05) is 51.4 Å². The molecule has 0 amide bonds. The lowest BCUT2D eigenvalue weighted by atomic mass is 9.92. The lowest BCUT2D eigenvalue weighted by Crippen LogP contribution is -2.60. The number of hydrogen-bond acceptors (Lipinski definition) is 4. The van der Waals surface area contributed by atoms with Gasteiger partial charge in [-0.3, -0.25) is 9.80 Å². The maximum Gasteiger partial charge on any atom is 0.0829 e. The Morgan fingerprint density at radius 1 is 0.826 bits per heavy atom. The number of rotatable bonds is 6. The summed E-state index contributed by atoms with van der Waals surface area (Å²) in [5, 5.41) is 0. The molecule has 4 nitrogen and oxygen atoms in total. The van der Waals surface area contributed by atoms with Gasteiger partial charge in [0.2, 0.25) is 0 Å². The molecule has 4 heteroatoms.